The third kappa shape index (κ3) is 1.88. The highest BCUT2D eigenvalue weighted by Gasteiger charge is 2.17. The first kappa shape index (κ1) is 12.3. The highest BCUT2D eigenvalue weighted by atomic mass is 19.1. The van der Waals surface area contributed by atoms with Gasteiger partial charge in [0.05, 0.1) is 11.3 Å². The fraction of sp³-hybridized carbons (Fsp3) is 0.154. The second kappa shape index (κ2) is 4.25. The molecule has 0 unspecified atom stereocenters. The summed E-state index contributed by atoms with van der Waals surface area (Å²) in [6.07, 6.45) is 0. The third-order valence-corrected chi connectivity index (χ3v) is 2.81. The van der Waals surface area contributed by atoms with Crippen molar-refractivity contribution in [3.05, 3.63) is 52.9 Å². The molecule has 1 aromatic carbocycles. The van der Waals surface area contributed by atoms with Crippen molar-refractivity contribution in [3.63, 3.8) is 0 Å². The molecule has 0 bridgehead atoms. The van der Waals surface area contributed by atoms with Crippen molar-refractivity contribution in [1.82, 2.24) is 4.57 Å². The van der Waals surface area contributed by atoms with E-state index in [1.165, 1.54) is 16.7 Å². The Labute approximate surface area is 102 Å². The Morgan fingerprint density at radius 1 is 1.22 bits per heavy atom. The molecule has 0 saturated carbocycles. The third-order valence-electron chi connectivity index (χ3n) is 2.81. The monoisotopic (exact) mass is 251 g/mol. The summed E-state index contributed by atoms with van der Waals surface area (Å²) >= 11 is 0. The van der Waals surface area contributed by atoms with Crippen LogP contribution in [0.15, 0.2) is 24.3 Å². The first-order chi connectivity index (χ1) is 8.41. The number of carboxylic acids is 1. The van der Waals surface area contributed by atoms with E-state index in [-0.39, 0.29) is 11.3 Å². The van der Waals surface area contributed by atoms with Gasteiger partial charge in [-0.25, -0.2) is 13.6 Å². The average molecular weight is 251 g/mol. The summed E-state index contributed by atoms with van der Waals surface area (Å²) in [4.78, 5) is 11.0. The number of carboxylic acid groups (broad SMARTS) is 1. The minimum Gasteiger partial charge on any atom is -0.478 e. The molecule has 0 spiro atoms. The smallest absolute Gasteiger partial charge is 0.337 e. The van der Waals surface area contributed by atoms with E-state index in [4.69, 9.17) is 5.11 Å². The largest absolute Gasteiger partial charge is 0.478 e. The van der Waals surface area contributed by atoms with Crippen LogP contribution in [0, 0.1) is 25.5 Å². The summed E-state index contributed by atoms with van der Waals surface area (Å²) in [5.41, 5.74) is 1.23. The van der Waals surface area contributed by atoms with Crippen LogP contribution in [-0.2, 0) is 0 Å². The molecular formula is C13H11F2NO2. The van der Waals surface area contributed by atoms with Crippen molar-refractivity contribution in [2.24, 2.45) is 0 Å². The number of aromatic nitrogens is 1. The normalized spacial score (nSPS) is 10.7. The number of hydrogen-bond acceptors (Lipinski definition) is 1. The second-order valence-corrected chi connectivity index (χ2v) is 4.02. The molecule has 2 aromatic rings. The molecule has 0 aliphatic carbocycles. The molecule has 1 aromatic heterocycles. The number of hydrogen-bond donors (Lipinski definition) is 1. The van der Waals surface area contributed by atoms with E-state index in [0.29, 0.717) is 11.4 Å². The first-order valence-corrected chi connectivity index (χ1v) is 5.29. The number of benzene rings is 1. The van der Waals surface area contributed by atoms with Gasteiger partial charge in [0.25, 0.3) is 0 Å². The van der Waals surface area contributed by atoms with Crippen LogP contribution in [0.3, 0.4) is 0 Å². The lowest BCUT2D eigenvalue weighted by Crippen LogP contribution is -2.04. The molecule has 3 nitrogen and oxygen atoms in total. The van der Waals surface area contributed by atoms with E-state index in [1.54, 1.807) is 13.8 Å². The molecule has 1 heterocycles. The van der Waals surface area contributed by atoms with Gasteiger partial charge in [-0.15, -0.1) is 0 Å². The van der Waals surface area contributed by atoms with E-state index < -0.39 is 17.6 Å². The molecule has 0 atom stereocenters. The van der Waals surface area contributed by atoms with Crippen LogP contribution in [0.4, 0.5) is 8.78 Å². The van der Waals surface area contributed by atoms with Gasteiger partial charge in [0.2, 0.25) is 0 Å². The molecule has 2 rings (SSSR count). The molecule has 5 heteroatoms. The van der Waals surface area contributed by atoms with Crippen LogP contribution in [-0.4, -0.2) is 15.6 Å². The van der Waals surface area contributed by atoms with Crippen molar-refractivity contribution < 1.29 is 18.7 Å². The standard InChI is InChI=1S/C13H11F2NO2/c1-7-5-10(13(17)18)8(2)16(7)12-4-3-9(14)6-11(12)15/h3-6H,1-2H3,(H,17,18). The van der Waals surface area contributed by atoms with Crippen LogP contribution in [0.25, 0.3) is 5.69 Å². The summed E-state index contributed by atoms with van der Waals surface area (Å²) < 4.78 is 28.0. The second-order valence-electron chi connectivity index (χ2n) is 4.02. The maximum atomic E-state index is 13.7. The van der Waals surface area contributed by atoms with E-state index in [0.717, 1.165) is 12.1 Å². The van der Waals surface area contributed by atoms with E-state index in [2.05, 4.69) is 0 Å². The van der Waals surface area contributed by atoms with Gasteiger partial charge < -0.3 is 9.67 Å². The number of nitrogens with zero attached hydrogens (tertiary/aromatic N) is 1. The Hall–Kier alpha value is -2.17. The Kier molecular flexibility index (Phi) is 2.90. The minimum absolute atomic E-state index is 0.108. The Morgan fingerprint density at radius 2 is 1.89 bits per heavy atom. The number of rotatable bonds is 2. The predicted octanol–water partition coefficient (Wildman–Crippen LogP) is 3.07. The molecule has 1 N–H and O–H groups in total. The van der Waals surface area contributed by atoms with Crippen LogP contribution >= 0.6 is 0 Å². The predicted molar refractivity (Wildman–Crippen MR) is 62.1 cm³/mol. The van der Waals surface area contributed by atoms with Crippen LogP contribution in [0.2, 0.25) is 0 Å². The van der Waals surface area contributed by atoms with Crippen molar-refractivity contribution >= 4 is 5.97 Å². The lowest BCUT2D eigenvalue weighted by atomic mass is 10.2. The molecule has 0 fully saturated rings. The molecule has 0 radical (unpaired) electrons. The average Bonchev–Trinajstić information content (AvgIpc) is 2.56. The SMILES string of the molecule is Cc1cc(C(=O)O)c(C)n1-c1ccc(F)cc1F. The van der Waals surface area contributed by atoms with Crippen molar-refractivity contribution in [3.8, 4) is 5.69 Å². The zero-order valence-electron chi connectivity index (χ0n) is 9.87. The van der Waals surface area contributed by atoms with Crippen molar-refractivity contribution in [2.45, 2.75) is 13.8 Å². The van der Waals surface area contributed by atoms with E-state index in [1.807, 2.05) is 0 Å². The van der Waals surface area contributed by atoms with Crippen LogP contribution < -0.4 is 0 Å². The molecule has 0 amide bonds. The van der Waals surface area contributed by atoms with E-state index >= 15 is 0 Å². The summed E-state index contributed by atoms with van der Waals surface area (Å²) in [6, 6.07) is 4.66. The quantitative estimate of drug-likeness (QED) is 0.891. The van der Waals surface area contributed by atoms with Crippen molar-refractivity contribution in [2.75, 3.05) is 0 Å². The Bertz CT molecular complexity index is 632. The highest BCUT2D eigenvalue weighted by molar-refractivity contribution is 5.89. The molecule has 18 heavy (non-hydrogen) atoms. The lowest BCUT2D eigenvalue weighted by Gasteiger charge is -2.10. The topological polar surface area (TPSA) is 42.2 Å². The number of aryl methyl sites for hydroxylation is 1. The fourth-order valence-electron chi connectivity index (χ4n) is 2.01. The molecule has 0 saturated heterocycles. The van der Waals surface area contributed by atoms with Gasteiger partial charge in [0, 0.05) is 17.5 Å². The van der Waals surface area contributed by atoms with Crippen LogP contribution in [0.5, 0.6) is 0 Å². The van der Waals surface area contributed by atoms with Gasteiger partial charge in [-0.2, -0.15) is 0 Å². The summed E-state index contributed by atoms with van der Waals surface area (Å²) in [5.74, 6) is -2.47. The van der Waals surface area contributed by atoms with Gasteiger partial charge in [-0.05, 0) is 32.0 Å². The maximum absolute atomic E-state index is 13.7. The fourth-order valence-corrected chi connectivity index (χ4v) is 2.01. The molecule has 0 aliphatic heterocycles. The molecule has 94 valence electrons. The summed E-state index contributed by atoms with van der Waals surface area (Å²) in [7, 11) is 0. The van der Waals surface area contributed by atoms with Gasteiger partial charge >= 0.3 is 5.97 Å². The van der Waals surface area contributed by atoms with E-state index in [9.17, 15) is 13.6 Å². The highest BCUT2D eigenvalue weighted by Crippen LogP contribution is 2.23. The minimum atomic E-state index is -1.07. The van der Waals surface area contributed by atoms with Crippen LogP contribution in [0.1, 0.15) is 21.7 Å². The molecular weight excluding hydrogens is 240 g/mol. The maximum Gasteiger partial charge on any atom is 0.337 e. The van der Waals surface area contributed by atoms with Gasteiger partial charge in [0.15, 0.2) is 0 Å². The summed E-state index contributed by atoms with van der Waals surface area (Å²) in [6.45, 7) is 3.25. The lowest BCUT2D eigenvalue weighted by molar-refractivity contribution is 0.0696. The summed E-state index contributed by atoms with van der Waals surface area (Å²) in [5, 5.41) is 9.00. The Morgan fingerprint density at radius 3 is 2.39 bits per heavy atom. The van der Waals surface area contributed by atoms with Crippen molar-refractivity contribution in [1.29, 1.82) is 0 Å². The Balaban J connectivity index is 2.68. The first-order valence-electron chi connectivity index (χ1n) is 5.29. The zero-order chi connectivity index (χ0) is 13.4. The number of aromatic carboxylic acids is 1. The zero-order valence-corrected chi connectivity index (χ0v) is 9.87. The van der Waals surface area contributed by atoms with Gasteiger partial charge in [-0.3, -0.25) is 0 Å². The van der Waals surface area contributed by atoms with Gasteiger partial charge in [-0.1, -0.05) is 0 Å². The van der Waals surface area contributed by atoms with Gasteiger partial charge in [0.1, 0.15) is 11.6 Å². The molecule has 0 aliphatic rings. The number of carbonyl (C=O) groups is 1. The number of halogens is 2.